The largest absolute Gasteiger partial charge is 0.478 e. The van der Waals surface area contributed by atoms with E-state index >= 15 is 0 Å². The van der Waals surface area contributed by atoms with E-state index in [2.05, 4.69) is 29.9 Å². The van der Waals surface area contributed by atoms with Gasteiger partial charge in [-0.25, -0.2) is 24.7 Å². The number of anilines is 2. The minimum absolute atomic E-state index is 0.0885. The first-order valence-electron chi connectivity index (χ1n) is 21.9. The van der Waals surface area contributed by atoms with E-state index in [9.17, 15) is 62.3 Å². The summed E-state index contributed by atoms with van der Waals surface area (Å²) in [5.74, 6) is -4.06. The van der Waals surface area contributed by atoms with Crippen molar-refractivity contribution in [3.63, 3.8) is 0 Å². The Labute approximate surface area is 458 Å². The number of nitrogens with zero attached hydrogens (tertiary/aromatic N) is 8. The van der Waals surface area contributed by atoms with Crippen LogP contribution < -0.4 is 15.5 Å². The normalized spacial score (nSPS) is 17.9. The fraction of sp³-hybridized carbons (Fsp3) is 0.319. The number of alkyl halides is 12. The van der Waals surface area contributed by atoms with Gasteiger partial charge < -0.3 is 20.6 Å². The number of nitrogens with two attached hydrogens (primary N) is 1. The molecule has 2 aliphatic rings. The summed E-state index contributed by atoms with van der Waals surface area (Å²) in [7, 11) is 0. The number of carbonyl (C=O) groups is 2. The SMILES string of the molecule is NCc1ccccn1.O=C(CCc1ccccn1)c1cnc(N2CCC(c3cc(Cl)c(Cl)c(Cl)c3)(C(F)(F)F)C2)nc1C(F)(F)F.O=C(O)c1cnc(N2CCC(c3cc(Cl)c(Cl)c(Cl)c3)(C(F)(F)F)C2)nc1C(F)(F)F. The molecule has 2 unspecified atom stereocenters. The van der Waals surface area contributed by atoms with E-state index in [1.807, 2.05) is 18.2 Å². The first-order chi connectivity index (χ1) is 35.8. The third kappa shape index (κ3) is 13.7. The van der Waals surface area contributed by atoms with Crippen LogP contribution in [0.1, 0.15) is 73.9 Å². The van der Waals surface area contributed by atoms with Gasteiger partial charge in [-0.2, -0.15) is 52.7 Å². The van der Waals surface area contributed by atoms with E-state index in [0.29, 0.717) is 24.6 Å². The second-order valence-corrected chi connectivity index (χ2v) is 19.3. The highest BCUT2D eigenvalue weighted by molar-refractivity contribution is 6.48. The molecular weight excluding hydrogens is 1180 g/mol. The van der Waals surface area contributed by atoms with Crippen molar-refractivity contribution >= 4 is 93.3 Å². The van der Waals surface area contributed by atoms with Crippen LogP contribution in [0.15, 0.2) is 85.5 Å². The van der Waals surface area contributed by atoms with Crippen LogP contribution in [0.25, 0.3) is 0 Å². The van der Waals surface area contributed by atoms with Gasteiger partial charge in [-0.15, -0.1) is 0 Å². The Kier molecular flexibility index (Phi) is 18.8. The number of carboxylic acid groups (broad SMARTS) is 1. The zero-order valence-corrected chi connectivity index (χ0v) is 43.2. The summed E-state index contributed by atoms with van der Waals surface area (Å²) in [6.45, 7) is -1.78. The van der Waals surface area contributed by atoms with Crippen molar-refractivity contribution in [3.05, 3.63) is 161 Å². The maximum Gasteiger partial charge on any atom is 0.434 e. The van der Waals surface area contributed by atoms with E-state index in [0.717, 1.165) is 39.8 Å². The number of rotatable bonds is 10. The lowest BCUT2D eigenvalue weighted by Crippen LogP contribution is -2.45. The molecule has 2 aliphatic heterocycles. The molecule has 2 fully saturated rings. The fourth-order valence-electron chi connectivity index (χ4n) is 8.17. The van der Waals surface area contributed by atoms with Gasteiger partial charge in [-0.1, -0.05) is 81.7 Å². The van der Waals surface area contributed by atoms with Crippen molar-refractivity contribution in [3.8, 4) is 0 Å². The molecule has 2 aromatic carbocycles. The highest BCUT2D eigenvalue weighted by atomic mass is 35.5. The Balaban J connectivity index is 0.000000221. The van der Waals surface area contributed by atoms with Crippen LogP contribution in [-0.2, 0) is 36.1 Å². The maximum absolute atomic E-state index is 14.4. The van der Waals surface area contributed by atoms with E-state index in [1.54, 1.807) is 24.4 Å². The summed E-state index contributed by atoms with van der Waals surface area (Å²) in [5, 5.41) is 7.84. The predicted molar refractivity (Wildman–Crippen MR) is 262 cm³/mol. The quantitative estimate of drug-likeness (QED) is 0.0759. The van der Waals surface area contributed by atoms with Gasteiger partial charge in [0.2, 0.25) is 11.9 Å². The topological polar surface area (TPSA) is 164 Å². The Hall–Kier alpha value is -5.50. The Morgan fingerprint density at radius 2 is 0.974 bits per heavy atom. The van der Waals surface area contributed by atoms with Crippen molar-refractivity contribution in [2.24, 2.45) is 5.73 Å². The van der Waals surface area contributed by atoms with Gasteiger partial charge in [-0.05, 0) is 78.9 Å². The smallest absolute Gasteiger partial charge is 0.434 e. The Morgan fingerprint density at radius 1 is 0.584 bits per heavy atom. The molecule has 0 amide bonds. The van der Waals surface area contributed by atoms with Crippen LogP contribution in [-0.4, -0.2) is 85.3 Å². The van der Waals surface area contributed by atoms with Gasteiger partial charge in [-0.3, -0.25) is 14.8 Å². The van der Waals surface area contributed by atoms with Crippen molar-refractivity contribution in [2.45, 2.75) is 67.8 Å². The van der Waals surface area contributed by atoms with E-state index < -0.39 is 108 Å². The first kappa shape index (κ1) is 60.7. The molecule has 0 aliphatic carbocycles. The molecular formula is C47H35Cl6F12N9O3. The zero-order valence-electron chi connectivity index (χ0n) is 38.7. The summed E-state index contributed by atoms with van der Waals surface area (Å²) < 4.78 is 167. The van der Waals surface area contributed by atoms with Crippen molar-refractivity contribution < 1.29 is 67.4 Å². The lowest BCUT2D eigenvalue weighted by Gasteiger charge is -2.32. The molecule has 0 bridgehead atoms. The van der Waals surface area contributed by atoms with Gasteiger partial charge in [0.25, 0.3) is 0 Å². The van der Waals surface area contributed by atoms with Crippen LogP contribution in [0.4, 0.5) is 64.6 Å². The highest BCUT2D eigenvalue weighted by Gasteiger charge is 2.61. The number of aromatic nitrogens is 6. The number of hydrogen-bond donors (Lipinski definition) is 2. The lowest BCUT2D eigenvalue weighted by atomic mass is 9.79. The average Bonchev–Trinajstić information content (AvgIpc) is 4.05. The number of aryl methyl sites for hydroxylation is 1. The molecule has 0 radical (unpaired) electrons. The second-order valence-electron chi connectivity index (χ2n) is 16.9. The third-order valence-electron chi connectivity index (χ3n) is 12.2. The fourth-order valence-corrected chi connectivity index (χ4v) is 9.36. The lowest BCUT2D eigenvalue weighted by molar-refractivity contribution is -0.185. The number of Topliss-reactive ketones (excluding diaryl/α,β-unsaturated/α-hetero) is 1. The molecule has 0 saturated carbocycles. The van der Waals surface area contributed by atoms with Gasteiger partial charge in [0, 0.05) is 69.6 Å². The summed E-state index contributed by atoms with van der Waals surface area (Å²) >= 11 is 35.4. The zero-order chi connectivity index (χ0) is 57.1. The first-order valence-corrected chi connectivity index (χ1v) is 24.2. The number of hydrogen-bond acceptors (Lipinski definition) is 11. The molecule has 412 valence electrons. The summed E-state index contributed by atoms with van der Waals surface area (Å²) in [6.07, 6.45) is -16.8. The van der Waals surface area contributed by atoms with E-state index in [4.69, 9.17) is 80.4 Å². The van der Waals surface area contributed by atoms with Gasteiger partial charge in [0.05, 0.1) is 41.4 Å². The van der Waals surface area contributed by atoms with Crippen LogP contribution in [0, 0.1) is 0 Å². The summed E-state index contributed by atoms with van der Waals surface area (Å²) in [4.78, 5) is 47.6. The minimum atomic E-state index is -5.15. The molecule has 12 nitrogen and oxygen atoms in total. The van der Waals surface area contributed by atoms with Crippen LogP contribution >= 0.6 is 69.6 Å². The molecule has 4 aromatic heterocycles. The average molecular weight is 1210 g/mol. The predicted octanol–water partition coefficient (Wildman–Crippen LogP) is 13.8. The molecule has 8 rings (SSSR count). The molecule has 6 heterocycles. The number of aromatic carboxylic acids is 1. The van der Waals surface area contributed by atoms with Crippen molar-refractivity contribution in [1.82, 2.24) is 29.9 Å². The molecule has 2 saturated heterocycles. The number of benzene rings is 2. The van der Waals surface area contributed by atoms with Gasteiger partial charge in [0.15, 0.2) is 17.2 Å². The minimum Gasteiger partial charge on any atom is -0.478 e. The monoisotopic (exact) mass is 1210 g/mol. The number of pyridine rings is 2. The summed E-state index contributed by atoms with van der Waals surface area (Å²) in [6, 6.07) is 14.7. The molecule has 30 heteroatoms. The number of carboxylic acids is 1. The highest BCUT2D eigenvalue weighted by Crippen LogP contribution is 2.52. The van der Waals surface area contributed by atoms with Crippen LogP contribution in [0.3, 0.4) is 0 Å². The van der Waals surface area contributed by atoms with Gasteiger partial charge in [0.1, 0.15) is 16.4 Å². The Bertz CT molecular complexity index is 3060. The van der Waals surface area contributed by atoms with E-state index in [-0.39, 0.29) is 67.2 Å². The molecule has 3 N–H and O–H groups in total. The third-order valence-corrected chi connectivity index (χ3v) is 14.5. The molecule has 2 atom stereocenters. The van der Waals surface area contributed by atoms with Crippen LogP contribution in [0.5, 0.6) is 0 Å². The molecule has 6 aromatic rings. The maximum atomic E-state index is 14.4. The number of carbonyl (C=O) groups excluding carboxylic acids is 1. The molecule has 77 heavy (non-hydrogen) atoms. The van der Waals surface area contributed by atoms with Crippen molar-refractivity contribution in [2.75, 3.05) is 36.0 Å². The standard InChI is InChI=1S/C24H17Cl3F6N4O.C17H10Cl3F6N3O2.C6H8N2/c25-16-9-13(10-17(26)19(16)27)22(24(31,32)33)6-8-37(12-22)21-35-11-15(20(36-21)23(28,29)30)18(38)5-4-14-3-1-2-7-34-14;18-9-3-7(4-10(19)11(9)20)15(17(24,25)26)1-2-29(6-15)14-27-5-8(13(30)31)12(28-14)16(21,22)23;7-5-6-3-1-2-4-8-6/h1-3,7,9-11H,4-6,8,12H2;3-5H,1-2,6H2,(H,30,31);1-4H,5,7H2. The van der Waals surface area contributed by atoms with Crippen LogP contribution in [0.2, 0.25) is 30.1 Å². The van der Waals surface area contributed by atoms with Crippen molar-refractivity contribution in [1.29, 1.82) is 0 Å². The molecule has 0 spiro atoms. The van der Waals surface area contributed by atoms with E-state index in [1.165, 1.54) is 6.20 Å². The summed E-state index contributed by atoms with van der Waals surface area (Å²) in [5.41, 5.74) is -4.20. The number of halogens is 18. The Morgan fingerprint density at radius 3 is 1.31 bits per heavy atom. The number of ketones is 1. The second kappa shape index (κ2) is 23.8. The van der Waals surface area contributed by atoms with Gasteiger partial charge >= 0.3 is 30.7 Å².